The molecule has 16 heteroatoms. The molecule has 0 atom stereocenters. The summed E-state index contributed by atoms with van der Waals surface area (Å²) in [7, 11) is -3.52. The highest BCUT2D eigenvalue weighted by molar-refractivity contribution is 8.00. The van der Waals surface area contributed by atoms with E-state index in [1.165, 1.54) is 35.4 Å². The van der Waals surface area contributed by atoms with Gasteiger partial charge in [0.25, 0.3) is 16.0 Å². The molecule has 2 N–H and O–H groups in total. The van der Waals surface area contributed by atoms with Gasteiger partial charge in [-0.1, -0.05) is 0 Å². The monoisotopic (exact) mass is 615 g/mol. The van der Waals surface area contributed by atoms with Gasteiger partial charge in [0.1, 0.15) is 11.4 Å². The molecule has 1 saturated heterocycles. The van der Waals surface area contributed by atoms with Gasteiger partial charge in [-0.2, -0.15) is 21.6 Å². The van der Waals surface area contributed by atoms with Gasteiger partial charge in [0.05, 0.1) is 18.6 Å². The van der Waals surface area contributed by atoms with E-state index in [2.05, 4.69) is 15.6 Å². The number of amides is 5. The predicted octanol–water partition coefficient (Wildman–Crippen LogP) is 4.32. The maximum Gasteiger partial charge on any atom is 0.446 e. The van der Waals surface area contributed by atoms with Crippen LogP contribution in [0.3, 0.4) is 0 Å². The van der Waals surface area contributed by atoms with Crippen molar-refractivity contribution in [2.45, 2.75) is 55.2 Å². The zero-order valence-corrected chi connectivity index (χ0v) is 23.9. The molecular formula is C25H28F3N5O6S2. The molecule has 1 aliphatic heterocycles. The summed E-state index contributed by atoms with van der Waals surface area (Å²) in [6, 6.07) is 6.87. The van der Waals surface area contributed by atoms with Crippen molar-refractivity contribution in [3.63, 3.8) is 0 Å². The van der Waals surface area contributed by atoms with Crippen molar-refractivity contribution in [3.8, 4) is 0 Å². The molecule has 2 aliphatic rings. The first-order valence-corrected chi connectivity index (χ1v) is 15.0. The lowest BCUT2D eigenvalue weighted by atomic mass is 9.81. The minimum atomic E-state index is -4.46. The van der Waals surface area contributed by atoms with Crippen LogP contribution in [0.5, 0.6) is 0 Å². The highest BCUT2D eigenvalue weighted by Crippen LogP contribution is 2.39. The fourth-order valence-electron chi connectivity index (χ4n) is 4.50. The van der Waals surface area contributed by atoms with E-state index in [0.717, 1.165) is 11.2 Å². The van der Waals surface area contributed by atoms with E-state index in [0.29, 0.717) is 18.4 Å². The number of anilines is 2. The molecule has 1 aromatic carbocycles. The molecular weight excluding hydrogens is 587 g/mol. The summed E-state index contributed by atoms with van der Waals surface area (Å²) in [6.07, 6.45) is 3.55. The van der Waals surface area contributed by atoms with Gasteiger partial charge in [-0.3, -0.25) is 14.3 Å². The molecule has 0 spiro atoms. The molecule has 0 radical (unpaired) electrons. The minimum absolute atomic E-state index is 0.000453. The molecule has 1 aromatic heterocycles. The molecule has 0 unspecified atom stereocenters. The van der Waals surface area contributed by atoms with Gasteiger partial charge in [0.15, 0.2) is 0 Å². The summed E-state index contributed by atoms with van der Waals surface area (Å²) in [6.45, 7) is 3.21. The molecule has 11 nitrogen and oxygen atoms in total. The number of pyridine rings is 1. The first-order chi connectivity index (χ1) is 19.0. The van der Waals surface area contributed by atoms with Crippen molar-refractivity contribution in [2.24, 2.45) is 5.92 Å². The molecule has 2 heterocycles. The van der Waals surface area contributed by atoms with Crippen LogP contribution in [0, 0.1) is 5.92 Å². The van der Waals surface area contributed by atoms with E-state index in [1.54, 1.807) is 26.0 Å². The van der Waals surface area contributed by atoms with Crippen LogP contribution in [0.4, 0.5) is 34.3 Å². The average Bonchev–Trinajstić information content (AvgIpc) is 2.99. The quantitative estimate of drug-likeness (QED) is 0.242. The number of carbonyl (C=O) groups is 3. The molecule has 2 aromatic rings. The molecule has 41 heavy (non-hydrogen) atoms. The van der Waals surface area contributed by atoms with Crippen LogP contribution in [0.15, 0.2) is 47.5 Å². The normalized spacial score (nSPS) is 20.6. The van der Waals surface area contributed by atoms with Crippen LogP contribution in [0.1, 0.15) is 32.3 Å². The standard InChI is InChI=1S/C25H28F3N5O6S2/c1-24(2)21(34)33(18-4-6-19(7-5-18)40-25(26,27)28)23(36)32(24)13-15-8-9-29-20(12-15)31-22(35)30-17-10-16(11-17)14-39-41(3,37)38/h4-9,12,16-17H,10-11,13-14H2,1-3H3,(H2,29,30,31,35). The number of imide groups is 1. The lowest BCUT2D eigenvalue weighted by Gasteiger charge is -2.35. The lowest BCUT2D eigenvalue weighted by Crippen LogP contribution is -2.47. The maximum absolute atomic E-state index is 13.3. The predicted molar refractivity (Wildman–Crippen MR) is 145 cm³/mol. The summed E-state index contributed by atoms with van der Waals surface area (Å²) >= 11 is -0.293. The molecule has 2 fully saturated rings. The Morgan fingerprint density at radius 3 is 2.44 bits per heavy atom. The molecule has 4 rings (SSSR count). The Bertz CT molecular complexity index is 1430. The number of aromatic nitrogens is 1. The van der Waals surface area contributed by atoms with Crippen molar-refractivity contribution in [1.29, 1.82) is 0 Å². The molecule has 0 bridgehead atoms. The van der Waals surface area contributed by atoms with Gasteiger partial charge in [0.2, 0.25) is 0 Å². The number of thioether (sulfide) groups is 1. The third-order valence-electron chi connectivity index (χ3n) is 6.65. The molecule has 222 valence electrons. The average molecular weight is 616 g/mol. The highest BCUT2D eigenvalue weighted by Gasteiger charge is 2.51. The Morgan fingerprint density at radius 2 is 1.83 bits per heavy atom. The van der Waals surface area contributed by atoms with Gasteiger partial charge in [-0.05, 0) is 86.3 Å². The van der Waals surface area contributed by atoms with Crippen molar-refractivity contribution in [2.75, 3.05) is 23.1 Å². The van der Waals surface area contributed by atoms with E-state index in [9.17, 15) is 36.0 Å². The summed E-state index contributed by atoms with van der Waals surface area (Å²) in [5.74, 6) is -0.301. The number of urea groups is 2. The molecule has 1 saturated carbocycles. The minimum Gasteiger partial charge on any atom is -0.335 e. The van der Waals surface area contributed by atoms with Crippen molar-refractivity contribution >= 4 is 51.4 Å². The third kappa shape index (κ3) is 7.68. The van der Waals surface area contributed by atoms with Gasteiger partial charge in [-0.25, -0.2) is 19.5 Å². The van der Waals surface area contributed by atoms with Crippen LogP contribution < -0.4 is 15.5 Å². The second-order valence-corrected chi connectivity index (χ2v) is 13.1. The zero-order valence-electron chi connectivity index (χ0n) is 22.3. The number of rotatable bonds is 9. The van der Waals surface area contributed by atoms with Gasteiger partial charge in [-0.15, -0.1) is 0 Å². The zero-order chi connectivity index (χ0) is 30.2. The van der Waals surface area contributed by atoms with Gasteiger partial charge < -0.3 is 10.2 Å². The van der Waals surface area contributed by atoms with E-state index >= 15 is 0 Å². The van der Waals surface area contributed by atoms with Gasteiger partial charge in [0, 0.05) is 23.7 Å². The summed E-state index contributed by atoms with van der Waals surface area (Å²) in [4.78, 5) is 45.2. The summed E-state index contributed by atoms with van der Waals surface area (Å²) in [5.41, 5.74) is -5.00. The van der Waals surface area contributed by atoms with Crippen molar-refractivity contribution in [3.05, 3.63) is 48.2 Å². The van der Waals surface area contributed by atoms with Crippen molar-refractivity contribution < 1.29 is 40.2 Å². The first-order valence-electron chi connectivity index (χ1n) is 12.4. The van der Waals surface area contributed by atoms with Crippen LogP contribution >= 0.6 is 11.8 Å². The smallest absolute Gasteiger partial charge is 0.335 e. The number of nitrogens with zero attached hydrogens (tertiary/aromatic N) is 3. The largest absolute Gasteiger partial charge is 0.446 e. The van der Waals surface area contributed by atoms with E-state index < -0.39 is 39.1 Å². The Labute approximate surface area is 238 Å². The van der Waals surface area contributed by atoms with Crippen LogP contribution in [0.25, 0.3) is 0 Å². The Morgan fingerprint density at radius 1 is 1.17 bits per heavy atom. The number of hydrogen-bond donors (Lipinski definition) is 2. The second-order valence-electron chi connectivity index (χ2n) is 10.3. The lowest BCUT2D eigenvalue weighted by molar-refractivity contribution is -0.123. The van der Waals surface area contributed by atoms with E-state index in [4.69, 9.17) is 4.18 Å². The number of hydrogen-bond acceptors (Lipinski definition) is 8. The highest BCUT2D eigenvalue weighted by atomic mass is 32.2. The van der Waals surface area contributed by atoms with Crippen LogP contribution in [0.2, 0.25) is 0 Å². The Hall–Kier alpha value is -3.37. The molecule has 1 aliphatic carbocycles. The number of carbonyl (C=O) groups excluding carboxylic acids is 3. The van der Waals surface area contributed by atoms with Crippen LogP contribution in [-0.2, 0) is 25.6 Å². The number of halogens is 3. The first kappa shape index (κ1) is 30.6. The SMILES string of the molecule is CC1(C)C(=O)N(c2ccc(SC(F)(F)F)cc2)C(=O)N1Cc1ccnc(NC(=O)NC2CC(COS(C)(=O)=O)C2)c1. The summed E-state index contributed by atoms with van der Waals surface area (Å²) < 4.78 is 64.9. The van der Waals surface area contributed by atoms with E-state index in [-0.39, 0.29) is 53.3 Å². The fourth-order valence-corrected chi connectivity index (χ4v) is 5.48. The maximum atomic E-state index is 13.3. The topological polar surface area (TPSA) is 138 Å². The number of nitrogens with one attached hydrogen (secondary N) is 2. The Balaban J connectivity index is 1.36. The number of benzene rings is 1. The van der Waals surface area contributed by atoms with Crippen LogP contribution in [-0.4, -0.2) is 66.2 Å². The third-order valence-corrected chi connectivity index (χ3v) is 7.95. The second kappa shape index (κ2) is 11.5. The van der Waals surface area contributed by atoms with E-state index in [1.807, 2.05) is 0 Å². The van der Waals surface area contributed by atoms with Crippen molar-refractivity contribution in [1.82, 2.24) is 15.2 Å². The molecule has 5 amide bonds. The Kier molecular flexibility index (Phi) is 8.57. The number of alkyl halides is 3. The summed E-state index contributed by atoms with van der Waals surface area (Å²) in [5, 5.41) is 5.40. The fraction of sp³-hybridized carbons (Fsp3) is 0.440. The van der Waals surface area contributed by atoms with Gasteiger partial charge >= 0.3 is 17.6 Å².